The SMILES string of the molecule is CN=C(N)SC(C)C. The molecule has 0 aromatic rings. The van der Waals surface area contributed by atoms with Crippen LogP contribution < -0.4 is 5.73 Å². The van der Waals surface area contributed by atoms with Crippen LogP contribution in [0.25, 0.3) is 0 Å². The zero-order valence-electron chi connectivity index (χ0n) is 5.51. The molecule has 2 nitrogen and oxygen atoms in total. The summed E-state index contributed by atoms with van der Waals surface area (Å²) in [6.07, 6.45) is 0. The minimum Gasteiger partial charge on any atom is -0.379 e. The number of nitrogens with two attached hydrogens (primary N) is 1. The van der Waals surface area contributed by atoms with Crippen LogP contribution >= 0.6 is 11.8 Å². The van der Waals surface area contributed by atoms with Crippen LogP contribution in [0.4, 0.5) is 0 Å². The third-order valence-electron chi connectivity index (χ3n) is 0.577. The van der Waals surface area contributed by atoms with Gasteiger partial charge in [0.2, 0.25) is 0 Å². The number of rotatable bonds is 1. The van der Waals surface area contributed by atoms with Gasteiger partial charge in [-0.05, 0) is 0 Å². The Kier molecular flexibility index (Phi) is 3.69. The minimum atomic E-state index is 0.540. The molecule has 3 heteroatoms. The van der Waals surface area contributed by atoms with Crippen LogP contribution in [0.5, 0.6) is 0 Å². The molecule has 0 heterocycles. The van der Waals surface area contributed by atoms with E-state index in [0.29, 0.717) is 10.4 Å². The van der Waals surface area contributed by atoms with Crippen LogP contribution in [0.2, 0.25) is 0 Å². The van der Waals surface area contributed by atoms with Crippen molar-refractivity contribution in [3.63, 3.8) is 0 Å². The Bertz CT molecular complexity index is 88.4. The van der Waals surface area contributed by atoms with Gasteiger partial charge in [-0.3, -0.25) is 4.99 Å². The summed E-state index contributed by atoms with van der Waals surface area (Å²) >= 11 is 1.58. The van der Waals surface area contributed by atoms with Gasteiger partial charge in [0, 0.05) is 12.3 Å². The number of hydrogen-bond acceptors (Lipinski definition) is 2. The van der Waals surface area contributed by atoms with E-state index in [0.717, 1.165) is 0 Å². The van der Waals surface area contributed by atoms with Gasteiger partial charge in [-0.1, -0.05) is 25.6 Å². The van der Waals surface area contributed by atoms with E-state index in [1.807, 2.05) is 0 Å². The van der Waals surface area contributed by atoms with Crippen molar-refractivity contribution in [3.8, 4) is 0 Å². The second-order valence-electron chi connectivity index (χ2n) is 1.73. The van der Waals surface area contributed by atoms with Crippen LogP contribution in [0.1, 0.15) is 13.8 Å². The molecule has 0 atom stereocenters. The minimum absolute atomic E-state index is 0.540. The molecule has 0 aromatic carbocycles. The maximum atomic E-state index is 5.39. The van der Waals surface area contributed by atoms with Crippen LogP contribution in [0, 0.1) is 0 Å². The fraction of sp³-hybridized carbons (Fsp3) is 0.800. The van der Waals surface area contributed by atoms with Crippen molar-refractivity contribution >= 4 is 16.9 Å². The molecule has 0 aliphatic heterocycles. The third kappa shape index (κ3) is 3.99. The Morgan fingerprint density at radius 2 is 2.12 bits per heavy atom. The largest absolute Gasteiger partial charge is 0.379 e. The fourth-order valence-electron chi connectivity index (χ4n) is 0.294. The molecule has 0 fully saturated rings. The first-order chi connectivity index (χ1) is 3.66. The average Bonchev–Trinajstić information content (AvgIpc) is 1.65. The predicted octanol–water partition coefficient (Wildman–Crippen LogP) is 1.07. The molecule has 8 heavy (non-hydrogen) atoms. The van der Waals surface area contributed by atoms with Gasteiger partial charge >= 0.3 is 0 Å². The Balaban J connectivity index is 3.39. The van der Waals surface area contributed by atoms with Crippen molar-refractivity contribution in [2.45, 2.75) is 19.1 Å². The van der Waals surface area contributed by atoms with Gasteiger partial charge in [-0.15, -0.1) is 0 Å². The number of thioether (sulfide) groups is 1. The van der Waals surface area contributed by atoms with Gasteiger partial charge in [0.25, 0.3) is 0 Å². The fourth-order valence-corrected chi connectivity index (χ4v) is 0.883. The highest BCUT2D eigenvalue weighted by Gasteiger charge is 1.94. The van der Waals surface area contributed by atoms with E-state index in [1.54, 1.807) is 18.8 Å². The molecule has 0 aliphatic carbocycles. The van der Waals surface area contributed by atoms with E-state index >= 15 is 0 Å². The van der Waals surface area contributed by atoms with Gasteiger partial charge in [-0.2, -0.15) is 0 Å². The summed E-state index contributed by atoms with van der Waals surface area (Å²) in [4.78, 5) is 3.79. The standard InChI is InChI=1S/C5H12N2S/c1-4(2)8-5(6)7-3/h4H,1-3H3,(H2,6,7). The Morgan fingerprint density at radius 3 is 2.25 bits per heavy atom. The van der Waals surface area contributed by atoms with Gasteiger partial charge in [0.1, 0.15) is 0 Å². The smallest absolute Gasteiger partial charge is 0.153 e. The molecule has 0 saturated carbocycles. The first-order valence-electron chi connectivity index (χ1n) is 2.55. The zero-order chi connectivity index (χ0) is 6.57. The third-order valence-corrected chi connectivity index (χ3v) is 1.47. The summed E-state index contributed by atoms with van der Waals surface area (Å²) in [5.74, 6) is 0. The molecule has 0 bridgehead atoms. The van der Waals surface area contributed by atoms with E-state index in [-0.39, 0.29) is 0 Å². The van der Waals surface area contributed by atoms with Crippen LogP contribution in [-0.2, 0) is 0 Å². The molecule has 0 unspecified atom stereocenters. The molecule has 0 aromatic heterocycles. The summed E-state index contributed by atoms with van der Waals surface area (Å²) < 4.78 is 0. The van der Waals surface area contributed by atoms with Crippen molar-refractivity contribution in [2.75, 3.05) is 7.05 Å². The van der Waals surface area contributed by atoms with Gasteiger partial charge in [0.15, 0.2) is 5.17 Å². The zero-order valence-corrected chi connectivity index (χ0v) is 6.33. The Morgan fingerprint density at radius 1 is 1.62 bits per heavy atom. The lowest BCUT2D eigenvalue weighted by atomic mass is 10.6. The predicted molar refractivity (Wildman–Crippen MR) is 40.3 cm³/mol. The molecule has 0 aliphatic rings. The molecule has 0 radical (unpaired) electrons. The molecule has 0 spiro atoms. The van der Waals surface area contributed by atoms with Crippen molar-refractivity contribution in [1.29, 1.82) is 0 Å². The van der Waals surface area contributed by atoms with Crippen molar-refractivity contribution in [1.82, 2.24) is 0 Å². The lowest BCUT2D eigenvalue weighted by molar-refractivity contribution is 1.12. The van der Waals surface area contributed by atoms with E-state index in [4.69, 9.17) is 5.73 Å². The monoisotopic (exact) mass is 132 g/mol. The summed E-state index contributed by atoms with van der Waals surface area (Å²) in [5, 5.41) is 1.21. The second-order valence-corrected chi connectivity index (χ2v) is 3.33. The summed E-state index contributed by atoms with van der Waals surface area (Å²) in [5.41, 5.74) is 5.39. The maximum Gasteiger partial charge on any atom is 0.153 e. The first kappa shape index (κ1) is 7.82. The molecular formula is C5H12N2S. The summed E-state index contributed by atoms with van der Waals surface area (Å²) in [7, 11) is 1.70. The van der Waals surface area contributed by atoms with E-state index in [9.17, 15) is 0 Å². The van der Waals surface area contributed by atoms with Gasteiger partial charge in [-0.25, -0.2) is 0 Å². The number of aliphatic imine (C=N–C) groups is 1. The summed E-state index contributed by atoms with van der Waals surface area (Å²) in [6, 6.07) is 0. The first-order valence-corrected chi connectivity index (χ1v) is 3.43. The van der Waals surface area contributed by atoms with Crippen LogP contribution in [0.3, 0.4) is 0 Å². The molecular weight excluding hydrogens is 120 g/mol. The highest BCUT2D eigenvalue weighted by Crippen LogP contribution is 2.07. The van der Waals surface area contributed by atoms with E-state index < -0.39 is 0 Å². The molecule has 0 rings (SSSR count). The Labute approximate surface area is 54.6 Å². The molecule has 0 saturated heterocycles. The van der Waals surface area contributed by atoms with E-state index in [1.165, 1.54) is 0 Å². The molecule has 0 amide bonds. The van der Waals surface area contributed by atoms with Crippen molar-refractivity contribution in [3.05, 3.63) is 0 Å². The number of hydrogen-bond donors (Lipinski definition) is 1. The van der Waals surface area contributed by atoms with Crippen LogP contribution in [-0.4, -0.2) is 17.5 Å². The lowest BCUT2D eigenvalue weighted by Gasteiger charge is -2.00. The Hall–Kier alpha value is -0.180. The van der Waals surface area contributed by atoms with E-state index in [2.05, 4.69) is 18.8 Å². The quantitative estimate of drug-likeness (QED) is 0.428. The summed E-state index contributed by atoms with van der Waals surface area (Å²) in [6.45, 7) is 4.17. The number of amidine groups is 1. The molecule has 48 valence electrons. The second kappa shape index (κ2) is 3.78. The highest BCUT2D eigenvalue weighted by atomic mass is 32.2. The van der Waals surface area contributed by atoms with Gasteiger partial charge < -0.3 is 5.73 Å². The maximum absolute atomic E-state index is 5.39. The van der Waals surface area contributed by atoms with Gasteiger partial charge in [0.05, 0.1) is 0 Å². The topological polar surface area (TPSA) is 38.4 Å². The number of nitrogens with zero attached hydrogens (tertiary/aromatic N) is 1. The average molecular weight is 132 g/mol. The van der Waals surface area contributed by atoms with Crippen molar-refractivity contribution < 1.29 is 0 Å². The lowest BCUT2D eigenvalue weighted by Crippen LogP contribution is -2.08. The normalized spacial score (nSPS) is 12.8. The van der Waals surface area contributed by atoms with Crippen molar-refractivity contribution in [2.24, 2.45) is 10.7 Å². The highest BCUT2D eigenvalue weighted by molar-refractivity contribution is 8.14. The van der Waals surface area contributed by atoms with Crippen LogP contribution in [0.15, 0.2) is 4.99 Å². The molecule has 2 N–H and O–H groups in total.